The van der Waals surface area contributed by atoms with E-state index in [9.17, 15) is 9.00 Å². The van der Waals surface area contributed by atoms with Crippen LogP contribution in [-0.4, -0.2) is 19.9 Å². The van der Waals surface area contributed by atoms with Crippen LogP contribution in [0.1, 0.15) is 49.8 Å². The summed E-state index contributed by atoms with van der Waals surface area (Å²) < 4.78 is 13.7. The molecule has 0 spiro atoms. The largest absolute Gasteiger partial charge is 0.310 e. The van der Waals surface area contributed by atoms with Gasteiger partial charge in [0.2, 0.25) is 5.91 Å². The summed E-state index contributed by atoms with van der Waals surface area (Å²) in [6, 6.07) is 7.37. The van der Waals surface area contributed by atoms with Crippen LogP contribution >= 0.6 is 11.6 Å². The SMILES string of the molecule is O=C(CCC1CCCC1)Nc1c2c(nn1-c1cccc(Cl)c1)CS(=O)C2. The standard InChI is InChI=1S/C19H22ClN3O2S/c20-14-6-3-7-15(10-14)23-19(16-11-26(25)12-17(16)22-23)21-18(24)9-8-13-4-1-2-5-13/h3,6-7,10,13H,1-2,4-5,8-9,11-12H2,(H,21,24). The number of carbonyl (C=O) groups excluding carboxylic acids is 1. The molecule has 2 heterocycles. The molecular formula is C19H22ClN3O2S. The minimum absolute atomic E-state index is 0.000519. The van der Waals surface area contributed by atoms with Crippen LogP contribution in [-0.2, 0) is 27.1 Å². The highest BCUT2D eigenvalue weighted by Gasteiger charge is 2.28. The second-order valence-electron chi connectivity index (χ2n) is 7.13. The Morgan fingerprint density at radius 1 is 1.31 bits per heavy atom. The van der Waals surface area contributed by atoms with Crippen LogP contribution in [0.2, 0.25) is 5.02 Å². The van der Waals surface area contributed by atoms with Gasteiger partial charge in [-0.2, -0.15) is 5.10 Å². The molecule has 1 unspecified atom stereocenters. The Kier molecular flexibility index (Phi) is 5.14. The molecule has 1 aromatic carbocycles. The number of fused-ring (bicyclic) bond motifs is 1. The predicted molar refractivity (Wildman–Crippen MR) is 104 cm³/mol. The first-order chi connectivity index (χ1) is 12.6. The zero-order valence-corrected chi connectivity index (χ0v) is 16.1. The molecule has 1 aliphatic carbocycles. The highest BCUT2D eigenvalue weighted by molar-refractivity contribution is 7.83. The molecule has 0 saturated heterocycles. The van der Waals surface area contributed by atoms with E-state index in [-0.39, 0.29) is 5.91 Å². The third-order valence-electron chi connectivity index (χ3n) is 5.23. The fraction of sp³-hybridized carbons (Fsp3) is 0.474. The molecule has 2 aromatic rings. The minimum atomic E-state index is -0.941. The van der Waals surface area contributed by atoms with Crippen molar-refractivity contribution in [1.29, 1.82) is 0 Å². The Hall–Kier alpha value is -1.66. The summed E-state index contributed by atoms with van der Waals surface area (Å²) in [5, 5.41) is 8.24. The molecule has 1 atom stereocenters. The molecule has 1 amide bonds. The molecule has 26 heavy (non-hydrogen) atoms. The number of halogens is 1. The first kappa shape index (κ1) is 17.7. The van der Waals surface area contributed by atoms with Crippen molar-refractivity contribution in [3.63, 3.8) is 0 Å². The van der Waals surface area contributed by atoms with E-state index in [2.05, 4.69) is 10.4 Å². The van der Waals surface area contributed by atoms with Gasteiger partial charge in [0, 0.05) is 27.8 Å². The van der Waals surface area contributed by atoms with Crippen LogP contribution < -0.4 is 5.32 Å². The minimum Gasteiger partial charge on any atom is -0.310 e. The van der Waals surface area contributed by atoms with E-state index in [0.717, 1.165) is 23.4 Å². The van der Waals surface area contributed by atoms with E-state index >= 15 is 0 Å². The summed E-state index contributed by atoms with van der Waals surface area (Å²) in [6.45, 7) is 0. The summed E-state index contributed by atoms with van der Waals surface area (Å²) in [6.07, 6.45) is 6.50. The fourth-order valence-electron chi connectivity index (χ4n) is 3.88. The maximum absolute atomic E-state index is 12.5. The normalized spacial score (nSPS) is 19.7. The molecule has 1 N–H and O–H groups in total. The molecule has 2 aliphatic rings. The van der Waals surface area contributed by atoms with Crippen molar-refractivity contribution in [3.8, 4) is 5.69 Å². The number of carbonyl (C=O) groups is 1. The zero-order valence-electron chi connectivity index (χ0n) is 14.5. The van der Waals surface area contributed by atoms with Gasteiger partial charge in [-0.1, -0.05) is 43.4 Å². The van der Waals surface area contributed by atoms with Crippen molar-refractivity contribution in [2.75, 3.05) is 5.32 Å². The molecular weight excluding hydrogens is 370 g/mol. The molecule has 0 radical (unpaired) electrons. The number of anilines is 1. The monoisotopic (exact) mass is 391 g/mol. The Labute approximate surface area is 160 Å². The number of hydrogen-bond acceptors (Lipinski definition) is 3. The molecule has 1 aliphatic heterocycles. The van der Waals surface area contributed by atoms with E-state index in [1.165, 1.54) is 25.7 Å². The number of nitrogens with one attached hydrogen (secondary N) is 1. The van der Waals surface area contributed by atoms with Crippen molar-refractivity contribution in [2.24, 2.45) is 5.92 Å². The van der Waals surface area contributed by atoms with E-state index in [4.69, 9.17) is 11.6 Å². The van der Waals surface area contributed by atoms with E-state index in [1.807, 2.05) is 18.2 Å². The van der Waals surface area contributed by atoms with Gasteiger partial charge < -0.3 is 5.32 Å². The van der Waals surface area contributed by atoms with Gasteiger partial charge in [-0.05, 0) is 30.5 Å². The van der Waals surface area contributed by atoms with Gasteiger partial charge in [0.05, 0.1) is 22.9 Å². The lowest BCUT2D eigenvalue weighted by atomic mass is 10.0. The molecule has 5 nitrogen and oxygen atoms in total. The van der Waals surface area contributed by atoms with E-state index in [0.29, 0.717) is 34.7 Å². The zero-order chi connectivity index (χ0) is 18.1. The Morgan fingerprint density at radius 3 is 2.88 bits per heavy atom. The van der Waals surface area contributed by atoms with Crippen LogP contribution in [0.25, 0.3) is 5.69 Å². The van der Waals surface area contributed by atoms with Crippen LogP contribution in [0.5, 0.6) is 0 Å². The third-order valence-corrected chi connectivity index (χ3v) is 6.68. The number of nitrogens with zero attached hydrogens (tertiary/aromatic N) is 2. The molecule has 1 saturated carbocycles. The number of benzene rings is 1. The topological polar surface area (TPSA) is 64.0 Å². The number of hydrogen-bond donors (Lipinski definition) is 1. The average molecular weight is 392 g/mol. The summed E-state index contributed by atoms with van der Waals surface area (Å²) in [5.74, 6) is 2.20. The maximum atomic E-state index is 12.5. The summed E-state index contributed by atoms with van der Waals surface area (Å²) in [4.78, 5) is 12.5. The fourth-order valence-corrected chi connectivity index (χ4v) is 5.33. The lowest BCUT2D eigenvalue weighted by Gasteiger charge is -2.12. The van der Waals surface area contributed by atoms with Gasteiger partial charge in [-0.15, -0.1) is 0 Å². The lowest BCUT2D eigenvalue weighted by Crippen LogP contribution is -2.17. The number of aromatic nitrogens is 2. The van der Waals surface area contributed by atoms with E-state index < -0.39 is 10.8 Å². The van der Waals surface area contributed by atoms with Crippen molar-refractivity contribution in [1.82, 2.24) is 9.78 Å². The van der Waals surface area contributed by atoms with Gasteiger partial charge in [-0.3, -0.25) is 9.00 Å². The summed E-state index contributed by atoms with van der Waals surface area (Å²) in [5.41, 5.74) is 2.48. The van der Waals surface area contributed by atoms with Crippen LogP contribution in [0.15, 0.2) is 24.3 Å². The van der Waals surface area contributed by atoms with Gasteiger partial charge in [-0.25, -0.2) is 4.68 Å². The molecule has 4 rings (SSSR count). The molecule has 1 fully saturated rings. The third kappa shape index (κ3) is 3.71. The molecule has 1 aromatic heterocycles. The van der Waals surface area contributed by atoms with Crippen molar-refractivity contribution in [3.05, 3.63) is 40.5 Å². The Morgan fingerprint density at radius 2 is 2.12 bits per heavy atom. The first-order valence-corrected chi connectivity index (χ1v) is 11.0. The lowest BCUT2D eigenvalue weighted by molar-refractivity contribution is -0.116. The second-order valence-corrected chi connectivity index (χ2v) is 9.02. The quantitative estimate of drug-likeness (QED) is 0.830. The van der Waals surface area contributed by atoms with Gasteiger partial charge in [0.15, 0.2) is 0 Å². The summed E-state index contributed by atoms with van der Waals surface area (Å²) in [7, 11) is -0.941. The van der Waals surface area contributed by atoms with Crippen LogP contribution in [0.3, 0.4) is 0 Å². The summed E-state index contributed by atoms with van der Waals surface area (Å²) >= 11 is 6.12. The van der Waals surface area contributed by atoms with E-state index in [1.54, 1.807) is 10.7 Å². The van der Waals surface area contributed by atoms with Crippen molar-refractivity contribution >= 4 is 34.1 Å². The Bertz CT molecular complexity index is 858. The molecule has 0 bridgehead atoms. The molecule has 138 valence electrons. The highest BCUT2D eigenvalue weighted by atomic mass is 35.5. The first-order valence-electron chi connectivity index (χ1n) is 9.11. The van der Waals surface area contributed by atoms with Gasteiger partial charge in [0.25, 0.3) is 0 Å². The molecule has 7 heteroatoms. The van der Waals surface area contributed by atoms with Crippen LogP contribution in [0, 0.1) is 5.92 Å². The smallest absolute Gasteiger partial charge is 0.225 e. The van der Waals surface area contributed by atoms with Gasteiger partial charge >= 0.3 is 0 Å². The average Bonchev–Trinajstić information content (AvgIpc) is 3.31. The van der Waals surface area contributed by atoms with Gasteiger partial charge in [0.1, 0.15) is 5.82 Å². The predicted octanol–water partition coefficient (Wildman–Crippen LogP) is 4.20. The highest BCUT2D eigenvalue weighted by Crippen LogP contribution is 2.33. The van der Waals surface area contributed by atoms with Crippen molar-refractivity contribution < 1.29 is 9.00 Å². The van der Waals surface area contributed by atoms with Crippen LogP contribution in [0.4, 0.5) is 5.82 Å². The number of rotatable bonds is 5. The maximum Gasteiger partial charge on any atom is 0.225 e. The second kappa shape index (κ2) is 7.53. The Balaban J connectivity index is 1.57. The van der Waals surface area contributed by atoms with Crippen molar-refractivity contribution in [2.45, 2.75) is 50.0 Å². The number of amides is 1.